The van der Waals surface area contributed by atoms with Crippen LogP contribution in [0.15, 0.2) is 62.3 Å². The molecule has 2 amide bonds. The number of nitrogens with zero attached hydrogens (tertiary/aromatic N) is 3. The Morgan fingerprint density at radius 2 is 1.84 bits per heavy atom. The van der Waals surface area contributed by atoms with Gasteiger partial charge in [0.1, 0.15) is 5.70 Å². The highest BCUT2D eigenvalue weighted by atomic mass is 35.5. The van der Waals surface area contributed by atoms with Gasteiger partial charge in [0.2, 0.25) is 0 Å². The quantitative estimate of drug-likeness (QED) is 0.368. The molecular formula is C22H30Cl2N4O2S. The summed E-state index contributed by atoms with van der Waals surface area (Å²) in [5, 5.41) is 11.6. The largest absolute Gasteiger partial charge is 0.344 e. The minimum Gasteiger partial charge on any atom is -0.344 e. The summed E-state index contributed by atoms with van der Waals surface area (Å²) in [6, 6.07) is 5.70. The van der Waals surface area contributed by atoms with Crippen molar-refractivity contribution in [3.63, 3.8) is 0 Å². The second kappa shape index (κ2) is 14.8. The van der Waals surface area contributed by atoms with Crippen LogP contribution >= 0.6 is 35.0 Å². The summed E-state index contributed by atoms with van der Waals surface area (Å²) >= 11 is 12.6. The monoisotopic (exact) mass is 484 g/mol. The summed E-state index contributed by atoms with van der Waals surface area (Å²) in [7, 11) is 4.82. The number of amides is 2. The van der Waals surface area contributed by atoms with Crippen LogP contribution in [-0.4, -0.2) is 37.9 Å². The van der Waals surface area contributed by atoms with Crippen LogP contribution < -0.4 is 5.32 Å². The van der Waals surface area contributed by atoms with Crippen LogP contribution in [0.25, 0.3) is 0 Å². The fraction of sp³-hybridized carbons (Fsp3) is 0.364. The standard InChI is InChI=1S/C14H22N4O2S.C8H8Cl2/c1-8-11(14(20)18(6)7)21-10(4)16-13(19)12(9(2)3)17-15-5;1-2-6-3-4-7(9)8(10)5-6/h8H,4H2,1-3,5-7H3,(H,16,19);3-5H,2H2,1H3/b11-8-,17-15?;. The van der Waals surface area contributed by atoms with Gasteiger partial charge in [-0.05, 0) is 50.5 Å². The van der Waals surface area contributed by atoms with Gasteiger partial charge in [-0.3, -0.25) is 9.59 Å². The third-order valence-electron chi connectivity index (χ3n) is 3.65. The molecule has 31 heavy (non-hydrogen) atoms. The number of azo groups is 1. The molecule has 1 N–H and O–H groups in total. The van der Waals surface area contributed by atoms with E-state index in [1.54, 1.807) is 40.9 Å². The van der Waals surface area contributed by atoms with Crippen molar-refractivity contribution >= 4 is 46.8 Å². The predicted octanol–water partition coefficient (Wildman–Crippen LogP) is 6.23. The average molecular weight is 485 g/mol. The zero-order valence-corrected chi connectivity index (χ0v) is 21.4. The molecule has 0 atom stereocenters. The first-order valence-corrected chi connectivity index (χ1v) is 11.0. The molecule has 1 aromatic rings. The molecule has 1 aromatic carbocycles. The van der Waals surface area contributed by atoms with Crippen molar-refractivity contribution in [3.05, 3.63) is 67.7 Å². The van der Waals surface area contributed by atoms with E-state index in [-0.39, 0.29) is 11.6 Å². The Morgan fingerprint density at radius 1 is 1.23 bits per heavy atom. The van der Waals surface area contributed by atoms with Gasteiger partial charge < -0.3 is 10.2 Å². The lowest BCUT2D eigenvalue weighted by molar-refractivity contribution is -0.124. The first-order chi connectivity index (χ1) is 14.5. The van der Waals surface area contributed by atoms with Gasteiger partial charge in [-0.15, -0.1) is 0 Å². The molecule has 0 aliphatic rings. The number of nitrogens with one attached hydrogen (secondary N) is 1. The molecule has 170 valence electrons. The number of hydrogen-bond acceptors (Lipinski definition) is 5. The molecule has 0 fully saturated rings. The van der Waals surface area contributed by atoms with Crippen LogP contribution in [0.4, 0.5) is 0 Å². The number of hydrogen-bond donors (Lipinski definition) is 1. The maximum atomic E-state index is 12.0. The molecule has 6 nitrogen and oxygen atoms in total. The number of likely N-dealkylation sites (N-methyl/N-ethyl adjacent to an activating group) is 1. The lowest BCUT2D eigenvalue weighted by Crippen LogP contribution is -2.25. The van der Waals surface area contributed by atoms with E-state index in [4.69, 9.17) is 23.2 Å². The van der Waals surface area contributed by atoms with E-state index in [2.05, 4.69) is 29.0 Å². The number of allylic oxidation sites excluding steroid dienone is 2. The van der Waals surface area contributed by atoms with Crippen LogP contribution in [-0.2, 0) is 16.0 Å². The second-order valence-electron chi connectivity index (χ2n) is 6.58. The van der Waals surface area contributed by atoms with E-state index in [9.17, 15) is 9.59 Å². The van der Waals surface area contributed by atoms with Crippen molar-refractivity contribution in [2.45, 2.75) is 34.1 Å². The van der Waals surface area contributed by atoms with Crippen molar-refractivity contribution in [2.75, 3.05) is 21.1 Å². The normalized spacial score (nSPS) is 10.8. The topological polar surface area (TPSA) is 74.1 Å². The number of thioether (sulfide) groups is 1. The molecule has 0 heterocycles. The van der Waals surface area contributed by atoms with Gasteiger partial charge in [-0.2, -0.15) is 10.2 Å². The molecule has 0 radical (unpaired) electrons. The van der Waals surface area contributed by atoms with E-state index in [0.29, 0.717) is 20.0 Å². The van der Waals surface area contributed by atoms with Gasteiger partial charge in [-0.1, -0.05) is 60.6 Å². The lowest BCUT2D eigenvalue weighted by atomic mass is 10.2. The molecule has 0 unspecified atom stereocenters. The van der Waals surface area contributed by atoms with Crippen molar-refractivity contribution in [3.8, 4) is 0 Å². The Kier molecular flexibility index (Phi) is 13.8. The number of benzene rings is 1. The van der Waals surface area contributed by atoms with Crippen LogP contribution in [0.5, 0.6) is 0 Å². The van der Waals surface area contributed by atoms with Gasteiger partial charge >= 0.3 is 0 Å². The highest BCUT2D eigenvalue weighted by Gasteiger charge is 2.16. The van der Waals surface area contributed by atoms with Gasteiger partial charge in [0.25, 0.3) is 11.8 Å². The second-order valence-corrected chi connectivity index (χ2v) is 8.53. The van der Waals surface area contributed by atoms with Crippen molar-refractivity contribution in [2.24, 2.45) is 10.2 Å². The minimum atomic E-state index is -0.397. The van der Waals surface area contributed by atoms with Crippen LogP contribution in [0.2, 0.25) is 10.0 Å². The Morgan fingerprint density at radius 3 is 2.26 bits per heavy atom. The summed E-state index contributed by atoms with van der Waals surface area (Å²) < 4.78 is 0. The average Bonchev–Trinajstić information content (AvgIpc) is 2.71. The first-order valence-electron chi connectivity index (χ1n) is 9.45. The highest BCUT2D eigenvalue weighted by Crippen LogP contribution is 2.24. The molecule has 1 rings (SSSR count). The van der Waals surface area contributed by atoms with Crippen molar-refractivity contribution in [1.82, 2.24) is 10.2 Å². The third kappa shape index (κ3) is 10.7. The SMILES string of the molecule is C=C(NC(=O)C(N=NC)=C(C)C)S/C(=C\C)C(=O)N(C)C.CCc1ccc(Cl)c(Cl)c1. The van der Waals surface area contributed by atoms with Crippen LogP contribution in [0.3, 0.4) is 0 Å². The first kappa shape index (κ1) is 28.9. The summed E-state index contributed by atoms with van der Waals surface area (Å²) in [5.74, 6) is -0.542. The molecule has 0 aliphatic carbocycles. The van der Waals surface area contributed by atoms with E-state index in [0.717, 1.165) is 23.8 Å². The molecule has 0 saturated heterocycles. The summed E-state index contributed by atoms with van der Waals surface area (Å²) in [6.45, 7) is 11.1. The maximum Gasteiger partial charge on any atom is 0.276 e. The zero-order chi connectivity index (χ0) is 24.1. The Hall–Kier alpha value is -2.09. The fourth-order valence-electron chi connectivity index (χ4n) is 2.02. The fourth-order valence-corrected chi connectivity index (χ4v) is 3.14. The predicted molar refractivity (Wildman–Crippen MR) is 132 cm³/mol. The van der Waals surface area contributed by atoms with Crippen LogP contribution in [0.1, 0.15) is 33.3 Å². The molecular weight excluding hydrogens is 455 g/mol. The molecule has 0 bridgehead atoms. The molecule has 0 aromatic heterocycles. The highest BCUT2D eigenvalue weighted by molar-refractivity contribution is 8.07. The zero-order valence-electron chi connectivity index (χ0n) is 19.0. The minimum absolute atomic E-state index is 0.145. The Balaban J connectivity index is 0.000000743. The maximum absolute atomic E-state index is 12.0. The molecule has 0 saturated carbocycles. The van der Waals surface area contributed by atoms with Crippen molar-refractivity contribution < 1.29 is 9.59 Å². The Bertz CT molecular complexity index is 889. The van der Waals surface area contributed by atoms with E-state index in [1.165, 1.54) is 17.5 Å². The van der Waals surface area contributed by atoms with Crippen LogP contribution in [0, 0.1) is 0 Å². The molecule has 0 spiro atoms. The summed E-state index contributed by atoms with van der Waals surface area (Å²) in [6.07, 6.45) is 2.68. The molecule has 0 aliphatic heterocycles. The molecule has 9 heteroatoms. The van der Waals surface area contributed by atoms with Gasteiger partial charge in [0, 0.05) is 21.1 Å². The van der Waals surface area contributed by atoms with E-state index < -0.39 is 5.91 Å². The van der Waals surface area contributed by atoms with E-state index >= 15 is 0 Å². The van der Waals surface area contributed by atoms with E-state index in [1.807, 2.05) is 18.2 Å². The summed E-state index contributed by atoms with van der Waals surface area (Å²) in [5.41, 5.74) is 2.20. The van der Waals surface area contributed by atoms with Gasteiger partial charge in [-0.25, -0.2) is 0 Å². The summed E-state index contributed by atoms with van der Waals surface area (Å²) in [4.78, 5) is 25.9. The number of halogens is 2. The number of rotatable bonds is 7. The number of carbonyl (C=O) groups is 2. The lowest BCUT2D eigenvalue weighted by Gasteiger charge is -2.14. The smallest absolute Gasteiger partial charge is 0.276 e. The van der Waals surface area contributed by atoms with Gasteiger partial charge in [0.05, 0.1) is 20.0 Å². The number of aryl methyl sites for hydroxylation is 1. The number of carbonyl (C=O) groups excluding carboxylic acids is 2. The van der Waals surface area contributed by atoms with Crippen molar-refractivity contribution in [1.29, 1.82) is 0 Å². The third-order valence-corrected chi connectivity index (χ3v) is 5.36. The van der Waals surface area contributed by atoms with Gasteiger partial charge in [0.15, 0.2) is 0 Å². The Labute approximate surface area is 199 Å².